The van der Waals surface area contributed by atoms with Crippen LogP contribution in [0.5, 0.6) is 0 Å². The van der Waals surface area contributed by atoms with Gasteiger partial charge in [-0.15, -0.1) is 5.10 Å². The lowest BCUT2D eigenvalue weighted by atomic mass is 9.94. The molecule has 1 aromatic heterocycles. The Morgan fingerprint density at radius 1 is 1.38 bits per heavy atom. The molecule has 0 bridgehead atoms. The first kappa shape index (κ1) is 14.9. The van der Waals surface area contributed by atoms with Crippen LogP contribution in [-0.2, 0) is 16.6 Å². The van der Waals surface area contributed by atoms with Crippen molar-refractivity contribution in [3.63, 3.8) is 0 Å². The third kappa shape index (κ3) is 3.81. The minimum absolute atomic E-state index is 0.153. The Morgan fingerprint density at radius 2 is 2.19 bits per heavy atom. The van der Waals surface area contributed by atoms with Crippen molar-refractivity contribution in [2.24, 2.45) is 5.92 Å². The van der Waals surface area contributed by atoms with Crippen LogP contribution in [0.15, 0.2) is 12.4 Å². The number of aromatic nitrogens is 3. The van der Waals surface area contributed by atoms with Crippen molar-refractivity contribution in [2.75, 3.05) is 18.8 Å². The molecule has 3 rings (SSSR count). The Morgan fingerprint density at radius 3 is 2.86 bits per heavy atom. The highest BCUT2D eigenvalue weighted by Crippen LogP contribution is 2.33. The van der Waals surface area contributed by atoms with Crippen molar-refractivity contribution in [1.29, 1.82) is 0 Å². The van der Waals surface area contributed by atoms with Gasteiger partial charge in [-0.2, -0.15) is 4.31 Å². The van der Waals surface area contributed by atoms with Crippen LogP contribution in [0.1, 0.15) is 32.1 Å². The van der Waals surface area contributed by atoms with Crippen LogP contribution >= 0.6 is 0 Å². The number of β-amino-alcohol motifs (C(OH)–C–C–N with tert-alkyl or cyclic N) is 1. The van der Waals surface area contributed by atoms with Gasteiger partial charge in [0.1, 0.15) is 0 Å². The van der Waals surface area contributed by atoms with E-state index < -0.39 is 15.6 Å². The van der Waals surface area contributed by atoms with Crippen LogP contribution in [0, 0.1) is 5.92 Å². The second-order valence-electron chi connectivity index (χ2n) is 6.31. The fourth-order valence-electron chi connectivity index (χ4n) is 2.91. The minimum atomic E-state index is -3.26. The summed E-state index contributed by atoms with van der Waals surface area (Å²) >= 11 is 0. The van der Waals surface area contributed by atoms with Crippen LogP contribution < -0.4 is 0 Å². The van der Waals surface area contributed by atoms with Gasteiger partial charge in [0, 0.05) is 19.3 Å². The average Bonchev–Trinajstić information content (AvgIpc) is 3.14. The third-order valence-electron chi connectivity index (χ3n) is 4.32. The summed E-state index contributed by atoms with van der Waals surface area (Å²) in [4.78, 5) is 0. The lowest BCUT2D eigenvalue weighted by Gasteiger charge is -2.38. The molecule has 1 unspecified atom stereocenters. The molecule has 1 saturated heterocycles. The van der Waals surface area contributed by atoms with Gasteiger partial charge >= 0.3 is 0 Å². The summed E-state index contributed by atoms with van der Waals surface area (Å²) in [5.74, 6) is 0.801. The van der Waals surface area contributed by atoms with Gasteiger partial charge in [0.05, 0.1) is 24.1 Å². The van der Waals surface area contributed by atoms with E-state index in [0.717, 1.165) is 19.3 Å². The molecule has 0 radical (unpaired) electrons. The first-order valence-corrected chi connectivity index (χ1v) is 9.12. The molecule has 1 saturated carbocycles. The Hall–Kier alpha value is -0.990. The molecule has 2 aliphatic rings. The standard InChI is InChI=1S/C13H22N4O3S/c18-13(10-16-8-6-14-15-16)5-1-7-17(11-13)21(19,20)9-4-12-2-3-12/h6,8,12,18H,1-5,7,9-11H2. The molecule has 2 fully saturated rings. The molecule has 1 aliphatic heterocycles. The van der Waals surface area contributed by atoms with Crippen LogP contribution in [-0.4, -0.2) is 57.3 Å². The third-order valence-corrected chi connectivity index (χ3v) is 6.17. The molecule has 1 aliphatic carbocycles. The summed E-state index contributed by atoms with van der Waals surface area (Å²) in [6.45, 7) is 0.939. The fraction of sp³-hybridized carbons (Fsp3) is 0.846. The number of piperidine rings is 1. The quantitative estimate of drug-likeness (QED) is 0.812. The van der Waals surface area contributed by atoms with Gasteiger partial charge in [0.25, 0.3) is 0 Å². The summed E-state index contributed by atoms with van der Waals surface area (Å²) < 4.78 is 27.8. The molecule has 1 atom stereocenters. The van der Waals surface area contributed by atoms with E-state index in [1.54, 1.807) is 17.1 Å². The van der Waals surface area contributed by atoms with E-state index in [9.17, 15) is 13.5 Å². The van der Waals surface area contributed by atoms with Crippen LogP contribution in [0.3, 0.4) is 0 Å². The summed E-state index contributed by atoms with van der Waals surface area (Å²) in [6, 6.07) is 0. The van der Waals surface area contributed by atoms with E-state index in [2.05, 4.69) is 10.3 Å². The first-order chi connectivity index (χ1) is 9.97. The predicted molar refractivity (Wildman–Crippen MR) is 76.9 cm³/mol. The lowest BCUT2D eigenvalue weighted by molar-refractivity contribution is -0.0247. The zero-order valence-electron chi connectivity index (χ0n) is 12.1. The van der Waals surface area contributed by atoms with Crippen molar-refractivity contribution in [3.05, 3.63) is 12.4 Å². The molecule has 21 heavy (non-hydrogen) atoms. The molecule has 0 spiro atoms. The second kappa shape index (κ2) is 5.66. The van der Waals surface area contributed by atoms with Gasteiger partial charge in [-0.05, 0) is 25.2 Å². The zero-order chi connectivity index (χ0) is 14.9. The Balaban J connectivity index is 1.63. The highest BCUT2D eigenvalue weighted by atomic mass is 32.2. The number of aliphatic hydroxyl groups is 1. The number of sulfonamides is 1. The molecule has 2 heterocycles. The van der Waals surface area contributed by atoms with Crippen molar-refractivity contribution >= 4 is 10.0 Å². The van der Waals surface area contributed by atoms with Crippen molar-refractivity contribution in [3.8, 4) is 0 Å². The molecule has 1 aromatic rings. The Kier molecular flexibility index (Phi) is 4.02. The first-order valence-electron chi connectivity index (χ1n) is 7.51. The van der Waals surface area contributed by atoms with Gasteiger partial charge in [-0.1, -0.05) is 18.1 Å². The van der Waals surface area contributed by atoms with E-state index in [4.69, 9.17) is 0 Å². The highest BCUT2D eigenvalue weighted by molar-refractivity contribution is 7.89. The topological polar surface area (TPSA) is 88.3 Å². The maximum absolute atomic E-state index is 12.4. The maximum Gasteiger partial charge on any atom is 0.214 e. The van der Waals surface area contributed by atoms with Crippen molar-refractivity contribution in [2.45, 2.75) is 44.2 Å². The van der Waals surface area contributed by atoms with Crippen molar-refractivity contribution < 1.29 is 13.5 Å². The lowest BCUT2D eigenvalue weighted by Crippen LogP contribution is -2.52. The molecule has 7 nitrogen and oxygen atoms in total. The minimum Gasteiger partial charge on any atom is -0.387 e. The van der Waals surface area contributed by atoms with Gasteiger partial charge in [-0.3, -0.25) is 0 Å². The predicted octanol–water partition coefficient (Wildman–Crippen LogP) is 0.235. The maximum atomic E-state index is 12.4. The SMILES string of the molecule is O=S(=O)(CCC1CC1)N1CCCC(O)(Cn2ccnn2)C1. The van der Waals surface area contributed by atoms with E-state index in [-0.39, 0.29) is 18.8 Å². The second-order valence-corrected chi connectivity index (χ2v) is 8.40. The highest BCUT2D eigenvalue weighted by Gasteiger charge is 2.39. The number of nitrogens with zero attached hydrogens (tertiary/aromatic N) is 4. The van der Waals surface area contributed by atoms with Crippen molar-refractivity contribution in [1.82, 2.24) is 19.3 Å². The monoisotopic (exact) mass is 314 g/mol. The summed E-state index contributed by atoms with van der Waals surface area (Å²) in [7, 11) is -3.26. The van der Waals surface area contributed by atoms with E-state index in [1.807, 2.05) is 0 Å². The number of hydrogen-bond donors (Lipinski definition) is 1. The van der Waals surface area contributed by atoms with Crippen LogP contribution in [0.25, 0.3) is 0 Å². The summed E-state index contributed by atoms with van der Waals surface area (Å²) in [5.41, 5.74) is -1.06. The number of hydrogen-bond acceptors (Lipinski definition) is 5. The largest absolute Gasteiger partial charge is 0.387 e. The normalized spacial score (nSPS) is 27.9. The van der Waals surface area contributed by atoms with E-state index >= 15 is 0 Å². The summed E-state index contributed by atoms with van der Waals surface area (Å²) in [5, 5.41) is 18.2. The molecule has 0 aromatic carbocycles. The average molecular weight is 314 g/mol. The fourth-order valence-corrected chi connectivity index (χ4v) is 4.64. The molecule has 118 valence electrons. The number of rotatable bonds is 6. The molecule has 8 heteroatoms. The van der Waals surface area contributed by atoms with E-state index in [1.165, 1.54) is 4.31 Å². The molecule has 0 amide bonds. The Labute approximate surface area is 125 Å². The van der Waals surface area contributed by atoms with Crippen LogP contribution in [0.2, 0.25) is 0 Å². The Bertz CT molecular complexity index is 570. The van der Waals surface area contributed by atoms with E-state index in [0.29, 0.717) is 25.3 Å². The zero-order valence-corrected chi connectivity index (χ0v) is 12.9. The smallest absolute Gasteiger partial charge is 0.214 e. The van der Waals surface area contributed by atoms with Gasteiger partial charge in [0.2, 0.25) is 10.0 Å². The molecule has 1 N–H and O–H groups in total. The van der Waals surface area contributed by atoms with Crippen LogP contribution in [0.4, 0.5) is 0 Å². The van der Waals surface area contributed by atoms with Gasteiger partial charge in [-0.25, -0.2) is 13.1 Å². The molecular formula is C13H22N4O3S. The van der Waals surface area contributed by atoms with Gasteiger partial charge < -0.3 is 5.11 Å². The molecular weight excluding hydrogens is 292 g/mol. The van der Waals surface area contributed by atoms with Gasteiger partial charge in [0.15, 0.2) is 0 Å². The summed E-state index contributed by atoms with van der Waals surface area (Å²) in [6.07, 6.45) is 7.56.